The van der Waals surface area contributed by atoms with E-state index in [1.165, 1.54) is 0 Å². The molecule has 0 radical (unpaired) electrons. The van der Waals surface area contributed by atoms with E-state index in [4.69, 9.17) is 10.5 Å². The highest BCUT2D eigenvalue weighted by Gasteiger charge is 2.41. The zero-order valence-electron chi connectivity index (χ0n) is 11.2. The summed E-state index contributed by atoms with van der Waals surface area (Å²) in [5, 5.41) is 0. The van der Waals surface area contributed by atoms with E-state index in [0.29, 0.717) is 29.7 Å². The summed E-state index contributed by atoms with van der Waals surface area (Å²) in [4.78, 5) is 18.3. The lowest BCUT2D eigenvalue weighted by molar-refractivity contribution is -0.132. The second-order valence-electron chi connectivity index (χ2n) is 5.51. The number of carbonyl (C=O) groups excluding carboxylic acids is 1. The molecule has 2 N–H and O–H groups in total. The molecule has 2 heterocycles. The number of nitrogens with two attached hydrogens (primary N) is 1. The fraction of sp³-hybridized carbons (Fsp3) is 0.538. The number of hydrogen-bond donors (Lipinski definition) is 1. The Bertz CT molecular complexity index is 483. The van der Waals surface area contributed by atoms with Crippen molar-refractivity contribution in [2.24, 2.45) is 5.92 Å². The number of pyridine rings is 1. The van der Waals surface area contributed by atoms with E-state index in [2.05, 4.69) is 18.8 Å². The third kappa shape index (κ3) is 2.12. The van der Waals surface area contributed by atoms with Crippen molar-refractivity contribution in [1.29, 1.82) is 0 Å². The Hall–Kier alpha value is -1.78. The maximum Gasteiger partial charge on any atom is 0.271 e. The molecule has 18 heavy (non-hydrogen) atoms. The molecule has 0 fully saturated rings. The van der Waals surface area contributed by atoms with Crippen LogP contribution in [0.5, 0.6) is 5.75 Å². The molecule has 1 aliphatic rings. The first kappa shape index (κ1) is 12.7. The number of nitrogens with zero attached hydrogens (tertiary/aromatic N) is 2. The minimum atomic E-state index is -0.878. The molecule has 0 spiro atoms. The van der Waals surface area contributed by atoms with Crippen molar-refractivity contribution in [3.8, 4) is 5.75 Å². The SMILES string of the molecule is CC(C)CN1C(=O)C(C)(C)Oc2cc(N)cnc21. The number of amides is 1. The lowest BCUT2D eigenvalue weighted by Gasteiger charge is -2.38. The van der Waals surface area contributed by atoms with Crippen molar-refractivity contribution in [3.63, 3.8) is 0 Å². The molecule has 0 aliphatic carbocycles. The largest absolute Gasteiger partial charge is 0.474 e. The average molecular weight is 249 g/mol. The van der Waals surface area contributed by atoms with E-state index in [1.54, 1.807) is 31.0 Å². The normalized spacial score (nSPS) is 17.6. The van der Waals surface area contributed by atoms with E-state index in [-0.39, 0.29) is 5.91 Å². The number of fused-ring (bicyclic) bond motifs is 1. The molecule has 1 aromatic rings. The van der Waals surface area contributed by atoms with Crippen molar-refractivity contribution >= 4 is 17.4 Å². The van der Waals surface area contributed by atoms with Gasteiger partial charge in [-0.15, -0.1) is 0 Å². The van der Waals surface area contributed by atoms with Crippen LogP contribution in [0.1, 0.15) is 27.7 Å². The Balaban J connectivity index is 2.48. The number of rotatable bonds is 2. The van der Waals surface area contributed by atoms with Gasteiger partial charge in [0.15, 0.2) is 17.2 Å². The number of hydrogen-bond acceptors (Lipinski definition) is 4. The lowest BCUT2D eigenvalue weighted by Crippen LogP contribution is -2.53. The van der Waals surface area contributed by atoms with Gasteiger partial charge >= 0.3 is 0 Å². The molecule has 0 unspecified atom stereocenters. The zero-order valence-corrected chi connectivity index (χ0v) is 11.2. The van der Waals surface area contributed by atoms with Gasteiger partial charge in [0.05, 0.1) is 11.9 Å². The van der Waals surface area contributed by atoms with Crippen molar-refractivity contribution in [1.82, 2.24) is 4.98 Å². The zero-order chi connectivity index (χ0) is 13.5. The quantitative estimate of drug-likeness (QED) is 0.868. The van der Waals surface area contributed by atoms with E-state index >= 15 is 0 Å². The van der Waals surface area contributed by atoms with Crippen LogP contribution >= 0.6 is 0 Å². The Morgan fingerprint density at radius 1 is 1.50 bits per heavy atom. The second-order valence-corrected chi connectivity index (χ2v) is 5.51. The summed E-state index contributed by atoms with van der Waals surface area (Å²) >= 11 is 0. The summed E-state index contributed by atoms with van der Waals surface area (Å²) in [7, 11) is 0. The number of anilines is 2. The highest BCUT2D eigenvalue weighted by atomic mass is 16.5. The molecular formula is C13H19N3O2. The van der Waals surface area contributed by atoms with Crippen molar-refractivity contribution in [2.45, 2.75) is 33.3 Å². The van der Waals surface area contributed by atoms with Gasteiger partial charge in [-0.2, -0.15) is 0 Å². The third-order valence-corrected chi connectivity index (χ3v) is 2.78. The maximum atomic E-state index is 12.4. The first-order valence-corrected chi connectivity index (χ1v) is 6.08. The highest BCUT2D eigenvalue weighted by Crippen LogP contribution is 2.37. The van der Waals surface area contributed by atoms with Gasteiger partial charge in [0.25, 0.3) is 5.91 Å². The third-order valence-electron chi connectivity index (χ3n) is 2.78. The smallest absolute Gasteiger partial charge is 0.271 e. The predicted molar refractivity (Wildman–Crippen MR) is 70.5 cm³/mol. The summed E-state index contributed by atoms with van der Waals surface area (Å²) in [6.45, 7) is 8.26. The van der Waals surface area contributed by atoms with Gasteiger partial charge < -0.3 is 10.5 Å². The molecule has 1 aliphatic heterocycles. The van der Waals surface area contributed by atoms with E-state index in [0.717, 1.165) is 0 Å². The Labute approximate surface area is 107 Å². The summed E-state index contributed by atoms with van der Waals surface area (Å²) in [6, 6.07) is 1.71. The van der Waals surface area contributed by atoms with E-state index in [9.17, 15) is 4.79 Å². The topological polar surface area (TPSA) is 68.5 Å². The van der Waals surface area contributed by atoms with Crippen LogP contribution in [-0.4, -0.2) is 23.0 Å². The van der Waals surface area contributed by atoms with Crippen LogP contribution in [0.15, 0.2) is 12.3 Å². The van der Waals surface area contributed by atoms with Crippen LogP contribution in [0.3, 0.4) is 0 Å². The fourth-order valence-corrected chi connectivity index (χ4v) is 2.00. The molecule has 0 atom stereocenters. The fourth-order valence-electron chi connectivity index (χ4n) is 2.00. The Morgan fingerprint density at radius 2 is 2.17 bits per heavy atom. The number of nitrogen functional groups attached to an aromatic ring is 1. The first-order valence-electron chi connectivity index (χ1n) is 6.08. The van der Waals surface area contributed by atoms with Crippen molar-refractivity contribution < 1.29 is 9.53 Å². The van der Waals surface area contributed by atoms with Crippen LogP contribution in [-0.2, 0) is 4.79 Å². The monoisotopic (exact) mass is 249 g/mol. The van der Waals surface area contributed by atoms with Gasteiger partial charge in [-0.3, -0.25) is 9.69 Å². The van der Waals surface area contributed by atoms with Gasteiger partial charge in [-0.1, -0.05) is 13.8 Å². The van der Waals surface area contributed by atoms with Gasteiger partial charge in [-0.05, 0) is 19.8 Å². The minimum Gasteiger partial charge on any atom is -0.474 e. The Kier molecular flexibility index (Phi) is 2.92. The van der Waals surface area contributed by atoms with Crippen LogP contribution in [0.4, 0.5) is 11.5 Å². The summed E-state index contributed by atoms with van der Waals surface area (Å²) in [5.41, 5.74) is 5.36. The van der Waals surface area contributed by atoms with Gasteiger partial charge in [0.1, 0.15) is 0 Å². The van der Waals surface area contributed by atoms with Crippen LogP contribution in [0, 0.1) is 5.92 Å². The molecule has 2 rings (SSSR count). The standard InChI is InChI=1S/C13H19N3O2/c1-8(2)7-16-11-10(5-9(14)6-15-11)18-13(3,4)12(16)17/h5-6,8H,7,14H2,1-4H3. The van der Waals surface area contributed by atoms with E-state index in [1.807, 2.05) is 0 Å². The molecule has 98 valence electrons. The molecule has 0 saturated heterocycles. The van der Waals surface area contributed by atoms with Crippen molar-refractivity contribution in [3.05, 3.63) is 12.3 Å². The summed E-state index contributed by atoms with van der Waals surface area (Å²) in [5.74, 6) is 1.42. The summed E-state index contributed by atoms with van der Waals surface area (Å²) in [6.07, 6.45) is 1.54. The molecule has 5 nitrogen and oxygen atoms in total. The number of aromatic nitrogens is 1. The van der Waals surface area contributed by atoms with Gasteiger partial charge in [-0.25, -0.2) is 4.98 Å². The molecule has 5 heteroatoms. The maximum absolute atomic E-state index is 12.4. The highest BCUT2D eigenvalue weighted by molar-refractivity contribution is 6.01. The van der Waals surface area contributed by atoms with Crippen LogP contribution < -0.4 is 15.4 Å². The first-order chi connectivity index (χ1) is 8.31. The lowest BCUT2D eigenvalue weighted by atomic mass is 10.0. The average Bonchev–Trinajstić information content (AvgIpc) is 2.23. The molecule has 0 saturated carbocycles. The van der Waals surface area contributed by atoms with Gasteiger partial charge in [0.2, 0.25) is 0 Å². The summed E-state index contributed by atoms with van der Waals surface area (Å²) < 4.78 is 5.69. The predicted octanol–water partition coefficient (Wildman–Crippen LogP) is 1.82. The van der Waals surface area contributed by atoms with Crippen LogP contribution in [0.25, 0.3) is 0 Å². The number of carbonyl (C=O) groups is 1. The van der Waals surface area contributed by atoms with E-state index < -0.39 is 5.60 Å². The molecule has 1 amide bonds. The molecule has 0 bridgehead atoms. The Morgan fingerprint density at radius 3 is 2.78 bits per heavy atom. The second kappa shape index (κ2) is 4.15. The molecule has 1 aromatic heterocycles. The number of ether oxygens (including phenoxy) is 1. The van der Waals surface area contributed by atoms with Gasteiger partial charge in [0, 0.05) is 12.6 Å². The minimum absolute atomic E-state index is 0.0685. The molecule has 0 aromatic carbocycles. The molecular weight excluding hydrogens is 230 g/mol. The van der Waals surface area contributed by atoms with Crippen LogP contribution in [0.2, 0.25) is 0 Å². The van der Waals surface area contributed by atoms with Crippen molar-refractivity contribution in [2.75, 3.05) is 17.2 Å².